The molecule has 1 aliphatic heterocycles. The molecule has 0 fully saturated rings. The van der Waals surface area contributed by atoms with Gasteiger partial charge < -0.3 is 9.47 Å². The van der Waals surface area contributed by atoms with E-state index in [0.29, 0.717) is 36.3 Å². The monoisotopic (exact) mass is 532 g/mol. The summed E-state index contributed by atoms with van der Waals surface area (Å²) >= 11 is 1.35. The predicted molar refractivity (Wildman–Crippen MR) is 150 cm³/mol. The highest BCUT2D eigenvalue weighted by Crippen LogP contribution is 2.31. The molecule has 38 heavy (non-hydrogen) atoms. The minimum absolute atomic E-state index is 0.334. The van der Waals surface area contributed by atoms with Gasteiger partial charge in [0, 0.05) is 42.2 Å². The molecule has 0 spiro atoms. The number of nitrogens with one attached hydrogen (secondary N) is 1. The molecule has 9 heteroatoms. The van der Waals surface area contributed by atoms with Gasteiger partial charge in [-0.1, -0.05) is 36.5 Å². The number of aromatic nitrogens is 2. The number of rotatable bonds is 8. The molecule has 1 N–H and O–H groups in total. The van der Waals surface area contributed by atoms with Gasteiger partial charge in [-0.3, -0.25) is 20.0 Å². The number of hydrogen-bond donors (Lipinski definition) is 1. The van der Waals surface area contributed by atoms with Crippen molar-refractivity contribution in [3.8, 4) is 5.75 Å². The van der Waals surface area contributed by atoms with Crippen LogP contribution in [0.1, 0.15) is 55.7 Å². The number of para-hydroxylation sites is 1. The summed E-state index contributed by atoms with van der Waals surface area (Å²) in [6.45, 7) is 10.1. The first kappa shape index (κ1) is 26.1. The Kier molecular flexibility index (Phi) is 7.58. The van der Waals surface area contributed by atoms with Gasteiger partial charge in [0.2, 0.25) is 0 Å². The van der Waals surface area contributed by atoms with E-state index in [1.165, 1.54) is 11.3 Å². The largest absolute Gasteiger partial charge is 0.494 e. The third-order valence-electron chi connectivity index (χ3n) is 6.82. The number of carbonyl (C=O) groups excluding carboxylic acids is 2. The molecule has 5 rings (SSSR count). The van der Waals surface area contributed by atoms with Crippen LogP contribution in [0.2, 0.25) is 0 Å². The molecule has 1 amide bonds. The van der Waals surface area contributed by atoms with E-state index in [2.05, 4.69) is 29.0 Å². The predicted octanol–water partition coefficient (Wildman–Crippen LogP) is 5.58. The first-order valence-electron chi connectivity index (χ1n) is 13.1. The van der Waals surface area contributed by atoms with Crippen LogP contribution in [0.15, 0.2) is 42.5 Å². The number of hydrogen-bond acceptors (Lipinski definition) is 8. The molecule has 1 atom stereocenters. The first-order chi connectivity index (χ1) is 18.4. The summed E-state index contributed by atoms with van der Waals surface area (Å²) in [5.74, 6) is -0.148. The number of anilines is 1. The van der Waals surface area contributed by atoms with E-state index in [4.69, 9.17) is 14.5 Å². The second kappa shape index (κ2) is 11.0. The highest BCUT2D eigenvalue weighted by atomic mass is 32.1. The smallest absolute Gasteiger partial charge is 0.340 e. The third kappa shape index (κ3) is 5.21. The van der Waals surface area contributed by atoms with E-state index in [0.717, 1.165) is 51.1 Å². The van der Waals surface area contributed by atoms with Gasteiger partial charge in [0.1, 0.15) is 5.75 Å². The van der Waals surface area contributed by atoms with E-state index in [1.54, 1.807) is 0 Å². The van der Waals surface area contributed by atoms with E-state index in [-0.39, 0.29) is 0 Å². The van der Waals surface area contributed by atoms with Crippen molar-refractivity contribution >= 4 is 49.5 Å². The Morgan fingerprint density at radius 2 is 1.92 bits per heavy atom. The topological polar surface area (TPSA) is 93.7 Å². The van der Waals surface area contributed by atoms with Crippen molar-refractivity contribution in [1.82, 2.24) is 14.9 Å². The lowest BCUT2D eigenvalue weighted by Crippen LogP contribution is -2.38. The van der Waals surface area contributed by atoms with Gasteiger partial charge in [0.25, 0.3) is 5.91 Å². The van der Waals surface area contributed by atoms with Crippen molar-refractivity contribution in [3.05, 3.63) is 59.3 Å². The Hall–Kier alpha value is -3.56. The molecule has 2 aromatic carbocycles. The zero-order valence-electron chi connectivity index (χ0n) is 22.1. The Morgan fingerprint density at radius 3 is 2.68 bits per heavy atom. The van der Waals surface area contributed by atoms with E-state index < -0.39 is 18.0 Å². The molecule has 0 saturated heterocycles. The van der Waals surface area contributed by atoms with Crippen molar-refractivity contribution in [2.75, 3.05) is 18.5 Å². The Labute approximate surface area is 226 Å². The average molecular weight is 533 g/mol. The van der Waals surface area contributed by atoms with Crippen LogP contribution >= 0.6 is 11.3 Å². The molecule has 198 valence electrons. The summed E-state index contributed by atoms with van der Waals surface area (Å²) in [6, 6.07) is 13.6. The van der Waals surface area contributed by atoms with E-state index in [9.17, 15) is 9.59 Å². The maximum Gasteiger partial charge on any atom is 0.340 e. The van der Waals surface area contributed by atoms with E-state index >= 15 is 0 Å². The van der Waals surface area contributed by atoms with Crippen LogP contribution in [0.25, 0.3) is 21.1 Å². The lowest BCUT2D eigenvalue weighted by Gasteiger charge is -2.32. The summed E-state index contributed by atoms with van der Waals surface area (Å²) in [5, 5.41) is 4.04. The lowest BCUT2D eigenvalue weighted by molar-refractivity contribution is -0.124. The highest BCUT2D eigenvalue weighted by molar-refractivity contribution is 7.22. The number of ether oxygens (including phenoxy) is 2. The molecule has 2 aromatic heterocycles. The van der Waals surface area contributed by atoms with Gasteiger partial charge in [0.05, 0.1) is 27.9 Å². The van der Waals surface area contributed by atoms with Crippen molar-refractivity contribution in [1.29, 1.82) is 0 Å². The van der Waals surface area contributed by atoms with Gasteiger partial charge in [-0.25, -0.2) is 9.78 Å². The van der Waals surface area contributed by atoms with Gasteiger partial charge in [0.15, 0.2) is 11.2 Å². The van der Waals surface area contributed by atoms with Crippen LogP contribution in [0.3, 0.4) is 0 Å². The number of amides is 1. The van der Waals surface area contributed by atoms with Gasteiger partial charge in [-0.05, 0) is 51.5 Å². The van der Waals surface area contributed by atoms with Gasteiger partial charge in [-0.2, -0.15) is 0 Å². The molecule has 0 saturated carbocycles. The molecule has 4 aromatic rings. The second-order valence-electron chi connectivity index (χ2n) is 9.62. The first-order valence-corrected chi connectivity index (χ1v) is 13.9. The molecular formula is C29H32N4O4S. The van der Waals surface area contributed by atoms with Crippen LogP contribution in [0.4, 0.5) is 5.13 Å². The molecule has 0 bridgehead atoms. The number of thiazole rings is 1. The van der Waals surface area contributed by atoms with Crippen LogP contribution in [0, 0.1) is 0 Å². The Bertz CT molecular complexity index is 1500. The number of pyridine rings is 1. The normalized spacial score (nSPS) is 14.4. The van der Waals surface area contributed by atoms with Crippen molar-refractivity contribution in [2.45, 2.75) is 59.2 Å². The standard InChI is InChI=1S/C29H32N4O4S/c1-5-24(27(34)32-29-31-23-12-11-18(36-6-2)15-25(23)38-29)37-28(35)26-19-9-7-8-10-21(19)30-22-13-14-33(17(3)4)16-20(22)26/h7-12,15,17,24H,5-6,13-14,16H2,1-4H3,(H,31,32,34). The fraction of sp³-hybridized carbons (Fsp3) is 0.379. The third-order valence-corrected chi connectivity index (χ3v) is 7.76. The average Bonchev–Trinajstić information content (AvgIpc) is 3.31. The number of carbonyl (C=O) groups is 2. The summed E-state index contributed by atoms with van der Waals surface area (Å²) in [6.07, 6.45) is 0.139. The highest BCUT2D eigenvalue weighted by Gasteiger charge is 2.30. The van der Waals surface area contributed by atoms with Crippen LogP contribution < -0.4 is 10.1 Å². The maximum atomic E-state index is 13.7. The molecule has 0 aliphatic carbocycles. The molecule has 8 nitrogen and oxygen atoms in total. The SMILES string of the molecule is CCOc1ccc2nc(NC(=O)C(CC)OC(=O)c3c4c(nc5ccccc35)CCN(C(C)C)C4)sc2c1. The minimum Gasteiger partial charge on any atom is -0.494 e. The van der Waals surface area contributed by atoms with Crippen LogP contribution in [-0.2, 0) is 22.5 Å². The minimum atomic E-state index is -0.958. The van der Waals surface area contributed by atoms with Crippen molar-refractivity contribution in [3.63, 3.8) is 0 Å². The molecular weight excluding hydrogens is 500 g/mol. The molecule has 0 radical (unpaired) electrons. The number of esters is 1. The van der Waals surface area contributed by atoms with Crippen LogP contribution in [-0.4, -0.2) is 52.0 Å². The van der Waals surface area contributed by atoms with Crippen molar-refractivity contribution in [2.24, 2.45) is 0 Å². The zero-order chi connectivity index (χ0) is 26.8. The number of nitrogens with zero attached hydrogens (tertiary/aromatic N) is 3. The van der Waals surface area contributed by atoms with Gasteiger partial charge >= 0.3 is 5.97 Å². The lowest BCUT2D eigenvalue weighted by atomic mass is 9.95. The van der Waals surface area contributed by atoms with Crippen molar-refractivity contribution < 1.29 is 19.1 Å². The molecule has 1 aliphatic rings. The quantitative estimate of drug-likeness (QED) is 0.296. The number of fused-ring (bicyclic) bond motifs is 3. The summed E-state index contributed by atoms with van der Waals surface area (Å²) in [5.41, 5.74) is 3.84. The maximum absolute atomic E-state index is 13.7. The summed E-state index contributed by atoms with van der Waals surface area (Å²) < 4.78 is 12.3. The summed E-state index contributed by atoms with van der Waals surface area (Å²) in [4.78, 5) is 38.6. The Morgan fingerprint density at radius 1 is 1.11 bits per heavy atom. The molecule has 3 heterocycles. The number of benzene rings is 2. The fourth-order valence-electron chi connectivity index (χ4n) is 4.80. The fourth-order valence-corrected chi connectivity index (χ4v) is 5.69. The van der Waals surface area contributed by atoms with Crippen LogP contribution in [0.5, 0.6) is 5.75 Å². The van der Waals surface area contributed by atoms with Gasteiger partial charge in [-0.15, -0.1) is 0 Å². The summed E-state index contributed by atoms with van der Waals surface area (Å²) in [7, 11) is 0. The zero-order valence-corrected chi connectivity index (χ0v) is 22.9. The molecule has 1 unspecified atom stereocenters. The Balaban J connectivity index is 1.40. The second-order valence-corrected chi connectivity index (χ2v) is 10.6. The van der Waals surface area contributed by atoms with E-state index in [1.807, 2.05) is 56.3 Å².